The average Bonchev–Trinajstić information content (AvgIpc) is 2.49. The van der Waals surface area contributed by atoms with Crippen molar-refractivity contribution in [1.82, 2.24) is 0 Å². The van der Waals surface area contributed by atoms with Crippen LogP contribution in [0.25, 0.3) is 0 Å². The summed E-state index contributed by atoms with van der Waals surface area (Å²) in [5.74, 6) is -0.0175. The van der Waals surface area contributed by atoms with Gasteiger partial charge >= 0.3 is 0 Å². The van der Waals surface area contributed by atoms with Crippen molar-refractivity contribution in [1.29, 1.82) is 0 Å². The molecule has 0 aliphatic carbocycles. The Kier molecular flexibility index (Phi) is 5.04. The molecule has 0 saturated heterocycles. The Labute approximate surface area is 118 Å². The Hall–Kier alpha value is -1.97. The van der Waals surface area contributed by atoms with E-state index in [-0.39, 0.29) is 19.0 Å². The number of carbonyl (C=O) groups is 1. The zero-order valence-corrected chi connectivity index (χ0v) is 11.2. The van der Waals surface area contributed by atoms with Gasteiger partial charge in [0.2, 0.25) is 0 Å². The number of hydrogen-bond acceptors (Lipinski definition) is 3. The monoisotopic (exact) mass is 270 g/mol. The molecule has 3 heteroatoms. The molecule has 3 nitrogen and oxygen atoms in total. The second-order valence-electron chi connectivity index (χ2n) is 4.67. The molecule has 0 heterocycles. The topological polar surface area (TPSA) is 57.5 Å². The van der Waals surface area contributed by atoms with Crippen molar-refractivity contribution in [3.8, 4) is 0 Å². The molecule has 20 heavy (non-hydrogen) atoms. The van der Waals surface area contributed by atoms with Crippen molar-refractivity contribution in [2.24, 2.45) is 0 Å². The van der Waals surface area contributed by atoms with E-state index in [1.165, 1.54) is 0 Å². The molecule has 0 radical (unpaired) electrons. The zero-order chi connectivity index (χ0) is 14.4. The van der Waals surface area contributed by atoms with E-state index in [0.29, 0.717) is 24.0 Å². The van der Waals surface area contributed by atoms with Crippen molar-refractivity contribution < 1.29 is 15.0 Å². The van der Waals surface area contributed by atoms with E-state index < -0.39 is 0 Å². The van der Waals surface area contributed by atoms with Crippen LogP contribution in [0.2, 0.25) is 0 Å². The minimum atomic E-state index is -0.0175. The highest BCUT2D eigenvalue weighted by molar-refractivity contribution is 6.08. The van der Waals surface area contributed by atoms with Crippen LogP contribution >= 0.6 is 0 Å². The van der Waals surface area contributed by atoms with E-state index in [9.17, 15) is 4.79 Å². The molecule has 0 unspecified atom stereocenters. The lowest BCUT2D eigenvalue weighted by Crippen LogP contribution is -2.02. The van der Waals surface area contributed by atoms with Crippen LogP contribution in [0.3, 0.4) is 0 Å². The molecule has 0 aromatic heterocycles. The molecule has 104 valence electrons. The molecule has 2 N–H and O–H groups in total. The van der Waals surface area contributed by atoms with Gasteiger partial charge in [-0.15, -0.1) is 0 Å². The van der Waals surface area contributed by atoms with Crippen LogP contribution in [0.1, 0.15) is 27.0 Å². The molecule has 0 saturated carbocycles. The van der Waals surface area contributed by atoms with Crippen LogP contribution in [0.5, 0.6) is 0 Å². The molecule has 0 spiro atoms. The quantitative estimate of drug-likeness (QED) is 0.789. The maximum Gasteiger partial charge on any atom is 0.193 e. The van der Waals surface area contributed by atoms with Crippen molar-refractivity contribution in [3.05, 3.63) is 70.8 Å². The van der Waals surface area contributed by atoms with Gasteiger partial charge in [0.05, 0.1) is 0 Å². The molecule has 0 amide bonds. The third-order valence-electron chi connectivity index (χ3n) is 3.23. The first-order valence-electron chi connectivity index (χ1n) is 6.69. The summed E-state index contributed by atoms with van der Waals surface area (Å²) in [5.41, 5.74) is 3.31. The fourth-order valence-electron chi connectivity index (χ4n) is 2.07. The van der Waals surface area contributed by atoms with Crippen molar-refractivity contribution >= 4 is 5.78 Å². The Balaban J connectivity index is 2.13. The summed E-state index contributed by atoms with van der Waals surface area (Å²) in [4.78, 5) is 12.3. The molecular weight excluding hydrogens is 252 g/mol. The maximum absolute atomic E-state index is 12.3. The van der Waals surface area contributed by atoms with E-state index in [4.69, 9.17) is 10.2 Å². The summed E-state index contributed by atoms with van der Waals surface area (Å²) < 4.78 is 0. The molecule has 0 aliphatic rings. The van der Waals surface area contributed by atoms with Gasteiger partial charge in [-0.2, -0.15) is 0 Å². The van der Waals surface area contributed by atoms with Gasteiger partial charge in [-0.05, 0) is 24.0 Å². The number of aliphatic hydroxyl groups is 2. The first-order chi connectivity index (χ1) is 9.74. The Morgan fingerprint density at radius 3 is 1.35 bits per heavy atom. The van der Waals surface area contributed by atoms with Crippen molar-refractivity contribution in [2.45, 2.75) is 12.8 Å². The molecular formula is C17H18O3. The fourth-order valence-corrected chi connectivity index (χ4v) is 2.07. The summed E-state index contributed by atoms with van der Waals surface area (Å²) in [6, 6.07) is 14.6. The van der Waals surface area contributed by atoms with E-state index in [2.05, 4.69) is 0 Å². The molecule has 0 bridgehead atoms. The van der Waals surface area contributed by atoms with E-state index in [1.807, 2.05) is 24.3 Å². The maximum atomic E-state index is 12.3. The van der Waals surface area contributed by atoms with Gasteiger partial charge in [0.15, 0.2) is 5.78 Å². The second-order valence-corrected chi connectivity index (χ2v) is 4.67. The summed E-state index contributed by atoms with van der Waals surface area (Å²) in [6.07, 6.45) is 1.20. The van der Waals surface area contributed by atoms with Crippen LogP contribution in [-0.4, -0.2) is 29.2 Å². The normalized spacial score (nSPS) is 10.5. The van der Waals surface area contributed by atoms with Crippen LogP contribution in [0.15, 0.2) is 48.5 Å². The van der Waals surface area contributed by atoms with Crippen molar-refractivity contribution in [2.75, 3.05) is 13.2 Å². The van der Waals surface area contributed by atoms with Crippen LogP contribution < -0.4 is 0 Å². The predicted octanol–water partition coefficient (Wildman–Crippen LogP) is 1.99. The number of hydrogen-bond donors (Lipinski definition) is 2. The van der Waals surface area contributed by atoms with Gasteiger partial charge in [-0.1, -0.05) is 48.5 Å². The summed E-state index contributed by atoms with van der Waals surface area (Å²) in [6.45, 7) is 0.221. The van der Waals surface area contributed by atoms with Gasteiger partial charge < -0.3 is 10.2 Å². The van der Waals surface area contributed by atoms with E-state index in [0.717, 1.165) is 11.1 Å². The van der Waals surface area contributed by atoms with E-state index in [1.54, 1.807) is 24.3 Å². The first-order valence-corrected chi connectivity index (χ1v) is 6.69. The molecule has 2 aromatic rings. The SMILES string of the molecule is O=C(c1ccc(CCO)cc1)c1ccc(CCO)cc1. The molecule has 0 aliphatic heterocycles. The fraction of sp³-hybridized carbons (Fsp3) is 0.235. The third-order valence-corrected chi connectivity index (χ3v) is 3.23. The van der Waals surface area contributed by atoms with Gasteiger partial charge in [-0.3, -0.25) is 4.79 Å². The molecule has 2 aromatic carbocycles. The lowest BCUT2D eigenvalue weighted by molar-refractivity contribution is 0.103. The summed E-state index contributed by atoms with van der Waals surface area (Å²) >= 11 is 0. The molecule has 0 fully saturated rings. The lowest BCUT2D eigenvalue weighted by Gasteiger charge is -2.04. The highest BCUT2D eigenvalue weighted by Crippen LogP contribution is 2.13. The minimum Gasteiger partial charge on any atom is -0.396 e. The number of ketones is 1. The Bertz CT molecular complexity index is 504. The molecule has 0 atom stereocenters. The van der Waals surface area contributed by atoms with Crippen molar-refractivity contribution in [3.63, 3.8) is 0 Å². The third kappa shape index (κ3) is 3.53. The largest absolute Gasteiger partial charge is 0.396 e. The molecule has 2 rings (SSSR count). The van der Waals surface area contributed by atoms with Gasteiger partial charge in [0.1, 0.15) is 0 Å². The lowest BCUT2D eigenvalue weighted by atomic mass is 10.00. The van der Waals surface area contributed by atoms with Crippen LogP contribution in [0.4, 0.5) is 0 Å². The summed E-state index contributed by atoms with van der Waals surface area (Å²) in [5, 5.41) is 17.7. The number of benzene rings is 2. The highest BCUT2D eigenvalue weighted by Gasteiger charge is 2.08. The first kappa shape index (κ1) is 14.4. The van der Waals surface area contributed by atoms with Crippen LogP contribution in [-0.2, 0) is 12.8 Å². The Morgan fingerprint density at radius 1 is 0.700 bits per heavy atom. The van der Waals surface area contributed by atoms with Gasteiger partial charge in [0, 0.05) is 24.3 Å². The van der Waals surface area contributed by atoms with E-state index >= 15 is 0 Å². The second kappa shape index (κ2) is 6.98. The Morgan fingerprint density at radius 2 is 1.05 bits per heavy atom. The average molecular weight is 270 g/mol. The van der Waals surface area contributed by atoms with Gasteiger partial charge in [-0.25, -0.2) is 0 Å². The highest BCUT2D eigenvalue weighted by atomic mass is 16.3. The smallest absolute Gasteiger partial charge is 0.193 e. The van der Waals surface area contributed by atoms with Crippen LogP contribution in [0, 0.1) is 0 Å². The predicted molar refractivity (Wildman–Crippen MR) is 77.9 cm³/mol. The minimum absolute atomic E-state index is 0.0175. The van der Waals surface area contributed by atoms with Gasteiger partial charge in [0.25, 0.3) is 0 Å². The number of aliphatic hydroxyl groups excluding tert-OH is 2. The standard InChI is InChI=1S/C17H18O3/c18-11-9-13-1-5-15(6-2-13)17(20)16-7-3-14(4-8-16)10-12-19/h1-8,18-19H,9-12H2. The number of rotatable bonds is 6. The zero-order valence-electron chi connectivity index (χ0n) is 11.2. The number of carbonyl (C=O) groups excluding carboxylic acids is 1. The summed E-state index contributed by atoms with van der Waals surface area (Å²) in [7, 11) is 0.